The van der Waals surface area contributed by atoms with Crippen molar-refractivity contribution in [3.05, 3.63) is 24.3 Å². The molecule has 0 bridgehead atoms. The summed E-state index contributed by atoms with van der Waals surface area (Å²) in [7, 11) is 0. The zero-order valence-electron chi connectivity index (χ0n) is 9.53. The van der Waals surface area contributed by atoms with Gasteiger partial charge in [0.05, 0.1) is 5.60 Å². The van der Waals surface area contributed by atoms with Gasteiger partial charge in [0.2, 0.25) is 0 Å². The van der Waals surface area contributed by atoms with E-state index < -0.39 is 5.60 Å². The third kappa shape index (κ3) is 3.30. The van der Waals surface area contributed by atoms with Crippen molar-refractivity contribution in [1.29, 1.82) is 0 Å². The SMILES string of the molecule is CC(C)C(C)(O)C=CC1CC=CCC1. The van der Waals surface area contributed by atoms with E-state index in [0.29, 0.717) is 5.92 Å². The van der Waals surface area contributed by atoms with Gasteiger partial charge in [-0.3, -0.25) is 0 Å². The predicted octanol–water partition coefficient (Wildman–Crippen LogP) is 3.31. The molecule has 0 heterocycles. The summed E-state index contributed by atoms with van der Waals surface area (Å²) in [6.45, 7) is 5.98. The maximum atomic E-state index is 10.0. The van der Waals surface area contributed by atoms with E-state index in [0.717, 1.165) is 6.42 Å². The molecule has 80 valence electrons. The monoisotopic (exact) mass is 194 g/mol. The quantitative estimate of drug-likeness (QED) is 0.683. The van der Waals surface area contributed by atoms with Crippen molar-refractivity contribution >= 4 is 0 Å². The first-order chi connectivity index (χ1) is 6.52. The van der Waals surface area contributed by atoms with Crippen LogP contribution in [0.1, 0.15) is 40.0 Å². The molecular weight excluding hydrogens is 172 g/mol. The fraction of sp³-hybridized carbons (Fsp3) is 0.692. The van der Waals surface area contributed by atoms with E-state index in [1.165, 1.54) is 12.8 Å². The smallest absolute Gasteiger partial charge is 0.0822 e. The molecule has 0 aromatic heterocycles. The predicted molar refractivity (Wildman–Crippen MR) is 61.1 cm³/mol. The van der Waals surface area contributed by atoms with E-state index in [4.69, 9.17) is 0 Å². The summed E-state index contributed by atoms with van der Waals surface area (Å²) in [5.74, 6) is 0.906. The molecule has 14 heavy (non-hydrogen) atoms. The molecule has 0 fully saturated rings. The lowest BCUT2D eigenvalue weighted by molar-refractivity contribution is 0.0620. The van der Waals surface area contributed by atoms with Crippen LogP contribution in [0.4, 0.5) is 0 Å². The second-order valence-corrected chi connectivity index (χ2v) is 4.78. The molecule has 1 N–H and O–H groups in total. The Morgan fingerprint density at radius 3 is 2.64 bits per heavy atom. The highest BCUT2D eigenvalue weighted by molar-refractivity contribution is 5.05. The molecule has 0 saturated carbocycles. The maximum absolute atomic E-state index is 10.0. The minimum Gasteiger partial charge on any atom is -0.386 e. The fourth-order valence-electron chi connectivity index (χ4n) is 1.52. The molecule has 1 nitrogen and oxygen atoms in total. The minimum atomic E-state index is -0.652. The minimum absolute atomic E-state index is 0.276. The van der Waals surface area contributed by atoms with Gasteiger partial charge in [-0.1, -0.05) is 38.2 Å². The molecule has 2 unspecified atom stereocenters. The number of allylic oxidation sites excluding steroid dienone is 3. The van der Waals surface area contributed by atoms with E-state index in [1.54, 1.807) is 0 Å². The van der Waals surface area contributed by atoms with Gasteiger partial charge in [-0.2, -0.15) is 0 Å². The zero-order chi connectivity index (χ0) is 10.6. The van der Waals surface area contributed by atoms with Gasteiger partial charge in [0.15, 0.2) is 0 Å². The van der Waals surface area contributed by atoms with Crippen molar-refractivity contribution in [3.8, 4) is 0 Å². The molecular formula is C13H22O. The largest absolute Gasteiger partial charge is 0.386 e. The van der Waals surface area contributed by atoms with Crippen molar-refractivity contribution in [2.24, 2.45) is 11.8 Å². The van der Waals surface area contributed by atoms with E-state index in [2.05, 4.69) is 18.2 Å². The number of aliphatic hydroxyl groups is 1. The summed E-state index contributed by atoms with van der Waals surface area (Å²) < 4.78 is 0. The molecule has 0 aromatic rings. The van der Waals surface area contributed by atoms with Gasteiger partial charge >= 0.3 is 0 Å². The average molecular weight is 194 g/mol. The Bertz CT molecular complexity index is 223. The second kappa shape index (κ2) is 4.79. The molecule has 1 aliphatic rings. The average Bonchev–Trinajstić information content (AvgIpc) is 2.16. The van der Waals surface area contributed by atoms with Crippen LogP contribution in [0.15, 0.2) is 24.3 Å². The standard InChI is InChI=1S/C13H22O/c1-11(2)13(3,14)10-9-12-7-5-4-6-8-12/h4-5,9-12,14H,6-8H2,1-3H3. The second-order valence-electron chi connectivity index (χ2n) is 4.78. The van der Waals surface area contributed by atoms with Crippen LogP contribution in [0.25, 0.3) is 0 Å². The van der Waals surface area contributed by atoms with Gasteiger partial charge in [-0.15, -0.1) is 0 Å². The molecule has 0 spiro atoms. The molecule has 1 heteroatoms. The van der Waals surface area contributed by atoms with Crippen LogP contribution >= 0.6 is 0 Å². The first-order valence-corrected chi connectivity index (χ1v) is 5.59. The maximum Gasteiger partial charge on any atom is 0.0822 e. The molecule has 1 aliphatic carbocycles. The molecule has 0 radical (unpaired) electrons. The number of hydrogen-bond donors (Lipinski definition) is 1. The van der Waals surface area contributed by atoms with E-state index in [-0.39, 0.29) is 5.92 Å². The highest BCUT2D eigenvalue weighted by Crippen LogP contribution is 2.23. The van der Waals surface area contributed by atoms with Crippen LogP contribution in [0.5, 0.6) is 0 Å². The van der Waals surface area contributed by atoms with Gasteiger partial charge < -0.3 is 5.11 Å². The lowest BCUT2D eigenvalue weighted by Gasteiger charge is -2.24. The van der Waals surface area contributed by atoms with Crippen molar-refractivity contribution in [3.63, 3.8) is 0 Å². The Labute approximate surface area is 87.5 Å². The Balaban J connectivity index is 2.49. The van der Waals surface area contributed by atoms with E-state index in [9.17, 15) is 5.11 Å². The van der Waals surface area contributed by atoms with Crippen LogP contribution in [0, 0.1) is 11.8 Å². The van der Waals surface area contributed by atoms with Crippen LogP contribution in [0.3, 0.4) is 0 Å². The fourth-order valence-corrected chi connectivity index (χ4v) is 1.52. The van der Waals surface area contributed by atoms with Gasteiger partial charge in [-0.25, -0.2) is 0 Å². The highest BCUT2D eigenvalue weighted by atomic mass is 16.3. The lowest BCUT2D eigenvalue weighted by Crippen LogP contribution is -2.28. The third-order valence-corrected chi connectivity index (χ3v) is 3.18. The molecule has 1 rings (SSSR count). The Morgan fingerprint density at radius 2 is 2.14 bits per heavy atom. The number of hydrogen-bond acceptors (Lipinski definition) is 1. The van der Waals surface area contributed by atoms with Crippen LogP contribution in [-0.2, 0) is 0 Å². The Morgan fingerprint density at radius 1 is 1.43 bits per heavy atom. The molecule has 0 aliphatic heterocycles. The molecule has 0 amide bonds. The number of rotatable bonds is 3. The van der Waals surface area contributed by atoms with Crippen LogP contribution < -0.4 is 0 Å². The summed E-state index contributed by atoms with van der Waals surface area (Å²) >= 11 is 0. The normalized spacial score (nSPS) is 27.1. The van der Waals surface area contributed by atoms with E-state index >= 15 is 0 Å². The topological polar surface area (TPSA) is 20.2 Å². The van der Waals surface area contributed by atoms with Crippen molar-refractivity contribution in [2.45, 2.75) is 45.6 Å². The van der Waals surface area contributed by atoms with Crippen molar-refractivity contribution < 1.29 is 5.11 Å². The summed E-state index contributed by atoms with van der Waals surface area (Å²) in [5, 5.41) is 10.0. The van der Waals surface area contributed by atoms with Crippen molar-refractivity contribution in [1.82, 2.24) is 0 Å². The van der Waals surface area contributed by atoms with Gasteiger partial charge in [0, 0.05) is 0 Å². The zero-order valence-corrected chi connectivity index (χ0v) is 9.53. The van der Waals surface area contributed by atoms with Crippen LogP contribution in [-0.4, -0.2) is 10.7 Å². The van der Waals surface area contributed by atoms with Gasteiger partial charge in [0.1, 0.15) is 0 Å². The van der Waals surface area contributed by atoms with Crippen LogP contribution in [0.2, 0.25) is 0 Å². The summed E-state index contributed by atoms with van der Waals surface area (Å²) in [4.78, 5) is 0. The Hall–Kier alpha value is -0.560. The summed E-state index contributed by atoms with van der Waals surface area (Å²) in [6, 6.07) is 0. The van der Waals surface area contributed by atoms with E-state index in [1.807, 2.05) is 26.8 Å². The molecule has 0 saturated heterocycles. The van der Waals surface area contributed by atoms with Gasteiger partial charge in [-0.05, 0) is 38.0 Å². The van der Waals surface area contributed by atoms with Gasteiger partial charge in [0.25, 0.3) is 0 Å². The summed E-state index contributed by atoms with van der Waals surface area (Å²) in [6.07, 6.45) is 12.2. The molecule has 2 atom stereocenters. The molecule has 0 aromatic carbocycles. The first-order valence-electron chi connectivity index (χ1n) is 5.59. The Kier molecular flexibility index (Phi) is 3.94. The van der Waals surface area contributed by atoms with Crippen molar-refractivity contribution in [2.75, 3.05) is 0 Å². The summed E-state index contributed by atoms with van der Waals surface area (Å²) in [5.41, 5.74) is -0.652. The highest BCUT2D eigenvalue weighted by Gasteiger charge is 2.21. The third-order valence-electron chi connectivity index (χ3n) is 3.18. The first kappa shape index (κ1) is 11.5. The lowest BCUT2D eigenvalue weighted by atomic mass is 9.88.